The van der Waals surface area contributed by atoms with Gasteiger partial charge in [-0.3, -0.25) is 4.79 Å². The van der Waals surface area contributed by atoms with Gasteiger partial charge < -0.3 is 13.9 Å². The molecule has 0 spiro atoms. The number of halogens is 3. The van der Waals surface area contributed by atoms with Crippen LogP contribution in [0, 0.1) is 0 Å². The zero-order valence-electron chi connectivity index (χ0n) is 11.4. The highest BCUT2D eigenvalue weighted by atomic mass is 19.4. The van der Waals surface area contributed by atoms with Gasteiger partial charge in [-0.2, -0.15) is 0 Å². The van der Waals surface area contributed by atoms with E-state index in [1.54, 1.807) is 6.08 Å². The minimum Gasteiger partial charge on any atom is -0.490 e. The van der Waals surface area contributed by atoms with Gasteiger partial charge in [-0.1, -0.05) is 18.2 Å². The molecule has 0 aliphatic rings. The lowest BCUT2D eigenvalue weighted by molar-refractivity contribution is -0.274. The highest BCUT2D eigenvalue weighted by Gasteiger charge is 2.30. The van der Waals surface area contributed by atoms with Gasteiger partial charge in [0.05, 0.1) is 7.11 Å². The van der Waals surface area contributed by atoms with Crippen LogP contribution in [-0.4, -0.2) is 13.5 Å². The first-order chi connectivity index (χ1) is 10.4. The molecule has 0 fully saturated rings. The van der Waals surface area contributed by atoms with Crippen molar-refractivity contribution < 1.29 is 27.1 Å². The first-order valence-corrected chi connectivity index (χ1v) is 6.08. The van der Waals surface area contributed by atoms with E-state index in [4.69, 9.17) is 9.15 Å². The van der Waals surface area contributed by atoms with E-state index in [1.807, 2.05) is 0 Å². The summed E-state index contributed by atoms with van der Waals surface area (Å²) in [6, 6.07) is 6.52. The molecule has 0 radical (unpaired) electrons. The molecule has 0 bridgehead atoms. The first-order valence-electron chi connectivity index (χ1n) is 6.08. The fourth-order valence-corrected chi connectivity index (χ4v) is 1.61. The smallest absolute Gasteiger partial charge is 0.490 e. The summed E-state index contributed by atoms with van der Waals surface area (Å²) in [5.41, 5.74) is 0.287. The number of ether oxygens (including phenoxy) is 2. The Morgan fingerprint density at radius 3 is 2.36 bits per heavy atom. The molecular weight excluding hydrogens is 301 g/mol. The van der Waals surface area contributed by atoms with Crippen molar-refractivity contribution in [2.75, 3.05) is 7.11 Å². The molecule has 1 aromatic heterocycles. The van der Waals surface area contributed by atoms with Crippen LogP contribution in [0.1, 0.15) is 11.3 Å². The van der Waals surface area contributed by atoms with Crippen molar-refractivity contribution in [3.05, 3.63) is 58.1 Å². The van der Waals surface area contributed by atoms with Gasteiger partial charge >= 0.3 is 6.36 Å². The standard InChI is InChI=1S/C15H11F3O4/c1-20-14-9-21-12(8-13(14)19)7-4-10-2-5-11(6-3-10)22-15(16,17)18/h2-9H,1H3/b7-4+. The number of alkyl halides is 3. The summed E-state index contributed by atoms with van der Waals surface area (Å²) in [4.78, 5) is 11.5. The molecule has 0 N–H and O–H groups in total. The molecule has 0 amide bonds. The van der Waals surface area contributed by atoms with Crippen LogP contribution in [-0.2, 0) is 0 Å². The Kier molecular flexibility index (Phi) is 4.55. The average Bonchev–Trinajstić information content (AvgIpc) is 2.45. The molecule has 0 aliphatic carbocycles. The Balaban J connectivity index is 2.10. The van der Waals surface area contributed by atoms with E-state index in [0.29, 0.717) is 11.3 Å². The molecule has 0 saturated heterocycles. The van der Waals surface area contributed by atoms with E-state index in [1.165, 1.54) is 49.8 Å². The molecular formula is C15H11F3O4. The van der Waals surface area contributed by atoms with Crippen molar-refractivity contribution >= 4 is 12.2 Å². The molecule has 2 rings (SSSR count). The summed E-state index contributed by atoms with van der Waals surface area (Å²) in [6.45, 7) is 0. The highest BCUT2D eigenvalue weighted by Crippen LogP contribution is 2.23. The van der Waals surface area contributed by atoms with Gasteiger partial charge in [0, 0.05) is 6.07 Å². The quantitative estimate of drug-likeness (QED) is 0.863. The lowest BCUT2D eigenvalue weighted by Gasteiger charge is -2.08. The summed E-state index contributed by atoms with van der Waals surface area (Å²) in [6.07, 6.45) is -0.436. The van der Waals surface area contributed by atoms with Gasteiger partial charge in [0.25, 0.3) is 0 Å². The third kappa shape index (κ3) is 4.41. The fourth-order valence-electron chi connectivity index (χ4n) is 1.61. The molecule has 1 heterocycles. The number of rotatable bonds is 4. The zero-order valence-corrected chi connectivity index (χ0v) is 11.4. The van der Waals surface area contributed by atoms with Crippen molar-refractivity contribution in [1.29, 1.82) is 0 Å². The van der Waals surface area contributed by atoms with Crippen LogP contribution in [0.2, 0.25) is 0 Å². The fraction of sp³-hybridized carbons (Fsp3) is 0.133. The largest absolute Gasteiger partial charge is 0.573 e. The van der Waals surface area contributed by atoms with E-state index in [-0.39, 0.29) is 16.9 Å². The Bertz CT molecular complexity index is 715. The summed E-state index contributed by atoms with van der Waals surface area (Å²) in [5, 5.41) is 0. The van der Waals surface area contributed by atoms with E-state index < -0.39 is 6.36 Å². The third-order valence-electron chi connectivity index (χ3n) is 2.59. The van der Waals surface area contributed by atoms with Crippen molar-refractivity contribution in [1.82, 2.24) is 0 Å². The second-order valence-corrected chi connectivity index (χ2v) is 4.17. The highest BCUT2D eigenvalue weighted by molar-refractivity contribution is 5.67. The van der Waals surface area contributed by atoms with E-state index in [0.717, 1.165) is 0 Å². The van der Waals surface area contributed by atoms with E-state index >= 15 is 0 Å². The molecule has 22 heavy (non-hydrogen) atoms. The predicted molar refractivity (Wildman–Crippen MR) is 73.6 cm³/mol. The second kappa shape index (κ2) is 6.38. The Morgan fingerprint density at radius 2 is 1.82 bits per heavy atom. The van der Waals surface area contributed by atoms with Crippen LogP contribution >= 0.6 is 0 Å². The molecule has 0 aliphatic heterocycles. The maximum atomic E-state index is 12.0. The van der Waals surface area contributed by atoms with Crippen LogP contribution < -0.4 is 14.9 Å². The molecule has 1 aromatic carbocycles. The molecule has 0 saturated carbocycles. The lowest BCUT2D eigenvalue weighted by atomic mass is 10.2. The SMILES string of the molecule is COc1coc(/C=C/c2ccc(OC(F)(F)F)cc2)cc1=O. The van der Waals surface area contributed by atoms with Crippen molar-refractivity contribution in [3.63, 3.8) is 0 Å². The summed E-state index contributed by atoms with van der Waals surface area (Å²) < 4.78 is 49.8. The van der Waals surface area contributed by atoms with Crippen LogP contribution in [0.5, 0.6) is 11.5 Å². The normalized spacial score (nSPS) is 11.6. The number of hydrogen-bond donors (Lipinski definition) is 0. The van der Waals surface area contributed by atoms with Gasteiger partial charge in [0.15, 0.2) is 0 Å². The predicted octanol–water partition coefficient (Wildman–Crippen LogP) is 3.72. The monoisotopic (exact) mass is 312 g/mol. The molecule has 4 nitrogen and oxygen atoms in total. The lowest BCUT2D eigenvalue weighted by Crippen LogP contribution is -2.16. The van der Waals surface area contributed by atoms with Gasteiger partial charge in [-0.05, 0) is 23.8 Å². The van der Waals surface area contributed by atoms with Gasteiger partial charge in [-0.15, -0.1) is 13.2 Å². The molecule has 116 valence electrons. The Labute approximate surface area is 123 Å². The molecule has 7 heteroatoms. The minimum absolute atomic E-state index is 0.0887. The van der Waals surface area contributed by atoms with Crippen molar-refractivity contribution in [2.24, 2.45) is 0 Å². The van der Waals surface area contributed by atoms with Crippen molar-refractivity contribution in [2.45, 2.75) is 6.36 Å². The maximum Gasteiger partial charge on any atom is 0.573 e. The van der Waals surface area contributed by atoms with E-state index in [9.17, 15) is 18.0 Å². The number of methoxy groups -OCH3 is 1. The first kappa shape index (κ1) is 15.7. The second-order valence-electron chi connectivity index (χ2n) is 4.17. The van der Waals surface area contributed by atoms with Gasteiger partial charge in [0.1, 0.15) is 17.8 Å². The molecule has 0 unspecified atom stereocenters. The van der Waals surface area contributed by atoms with Crippen LogP contribution in [0.25, 0.3) is 12.2 Å². The van der Waals surface area contributed by atoms with E-state index in [2.05, 4.69) is 4.74 Å². The van der Waals surface area contributed by atoms with Crippen LogP contribution in [0.4, 0.5) is 13.2 Å². The van der Waals surface area contributed by atoms with Crippen LogP contribution in [0.15, 0.2) is 45.8 Å². The Morgan fingerprint density at radius 1 is 1.14 bits per heavy atom. The van der Waals surface area contributed by atoms with Crippen molar-refractivity contribution in [3.8, 4) is 11.5 Å². The topological polar surface area (TPSA) is 48.7 Å². The minimum atomic E-state index is -4.72. The van der Waals surface area contributed by atoms with Gasteiger partial charge in [-0.25, -0.2) is 0 Å². The summed E-state index contributed by atoms with van der Waals surface area (Å²) in [7, 11) is 1.35. The summed E-state index contributed by atoms with van der Waals surface area (Å²) in [5.74, 6) is 0.0767. The zero-order chi connectivity index (χ0) is 16.2. The number of hydrogen-bond acceptors (Lipinski definition) is 4. The molecule has 0 atom stereocenters. The third-order valence-corrected chi connectivity index (χ3v) is 2.59. The van der Waals surface area contributed by atoms with Crippen LogP contribution in [0.3, 0.4) is 0 Å². The number of benzene rings is 1. The maximum absolute atomic E-state index is 12.0. The van der Waals surface area contributed by atoms with Gasteiger partial charge in [0.2, 0.25) is 11.2 Å². The summed E-state index contributed by atoms with van der Waals surface area (Å²) >= 11 is 0. The Hall–Kier alpha value is -2.70. The average molecular weight is 312 g/mol. The molecule has 2 aromatic rings.